The van der Waals surface area contributed by atoms with Crippen molar-refractivity contribution >= 4 is 23.1 Å². The molecule has 1 aliphatic rings. The Kier molecular flexibility index (Phi) is 2.56. The molecule has 0 aliphatic carbocycles. The molecular formula is C12H9ClFN3O. The lowest BCUT2D eigenvalue weighted by Gasteiger charge is -2.18. The summed E-state index contributed by atoms with van der Waals surface area (Å²) in [6.07, 6.45) is 2.07. The maximum Gasteiger partial charge on any atom is 0.271 e. The molecule has 1 N–H and O–H groups in total. The van der Waals surface area contributed by atoms with Crippen LogP contribution in [0, 0.1) is 5.82 Å². The maximum absolute atomic E-state index is 13.3. The van der Waals surface area contributed by atoms with E-state index in [-0.39, 0.29) is 10.8 Å². The van der Waals surface area contributed by atoms with Crippen molar-refractivity contribution in [3.8, 4) is 0 Å². The normalized spacial score (nSPS) is 13.8. The fourth-order valence-electron chi connectivity index (χ4n) is 2.13. The quantitative estimate of drug-likeness (QED) is 0.860. The highest BCUT2D eigenvalue weighted by molar-refractivity contribution is 6.32. The summed E-state index contributed by atoms with van der Waals surface area (Å²) in [6.45, 7) is 0.634. The molecule has 0 spiro atoms. The van der Waals surface area contributed by atoms with Gasteiger partial charge in [-0.1, -0.05) is 17.7 Å². The molecular weight excluding hydrogens is 257 g/mol. The molecule has 4 nitrogen and oxygen atoms in total. The molecule has 0 unspecified atom stereocenters. The summed E-state index contributed by atoms with van der Waals surface area (Å²) in [5.74, 6) is 0.0476. The van der Waals surface area contributed by atoms with Crippen LogP contribution in [0.5, 0.6) is 0 Å². The fourth-order valence-corrected chi connectivity index (χ4v) is 2.34. The zero-order valence-corrected chi connectivity index (χ0v) is 10.0. The van der Waals surface area contributed by atoms with E-state index in [1.807, 2.05) is 0 Å². The van der Waals surface area contributed by atoms with Crippen LogP contribution in [0.1, 0.15) is 5.56 Å². The van der Waals surface area contributed by atoms with Crippen LogP contribution in [0.4, 0.5) is 15.9 Å². The lowest BCUT2D eigenvalue weighted by atomic mass is 10.2. The van der Waals surface area contributed by atoms with Crippen molar-refractivity contribution in [2.75, 3.05) is 11.4 Å². The summed E-state index contributed by atoms with van der Waals surface area (Å²) in [7, 11) is 0. The van der Waals surface area contributed by atoms with Gasteiger partial charge in [-0.25, -0.2) is 9.37 Å². The third-order valence-electron chi connectivity index (χ3n) is 2.98. The van der Waals surface area contributed by atoms with Gasteiger partial charge < -0.3 is 9.88 Å². The number of nitrogens with zero attached hydrogens (tertiary/aromatic N) is 2. The number of fused-ring (bicyclic) bond motifs is 1. The highest BCUT2D eigenvalue weighted by Crippen LogP contribution is 2.35. The summed E-state index contributed by atoms with van der Waals surface area (Å²) in [6, 6.07) is 4.60. The van der Waals surface area contributed by atoms with Crippen LogP contribution in [0.25, 0.3) is 0 Å². The molecule has 0 fully saturated rings. The van der Waals surface area contributed by atoms with Crippen molar-refractivity contribution < 1.29 is 4.39 Å². The molecule has 92 valence electrons. The van der Waals surface area contributed by atoms with Crippen molar-refractivity contribution in [2.24, 2.45) is 0 Å². The van der Waals surface area contributed by atoms with Gasteiger partial charge in [0.2, 0.25) is 0 Å². The SMILES string of the molecule is O=c1[nH]cnc(N2CCc3ccc(F)cc32)c1Cl. The first-order valence-corrected chi connectivity index (χ1v) is 5.84. The van der Waals surface area contributed by atoms with Gasteiger partial charge in [-0.3, -0.25) is 4.79 Å². The van der Waals surface area contributed by atoms with E-state index >= 15 is 0 Å². The number of anilines is 2. The third kappa shape index (κ3) is 1.67. The molecule has 2 heterocycles. The minimum atomic E-state index is -0.397. The average molecular weight is 266 g/mol. The van der Waals surface area contributed by atoms with E-state index in [0.717, 1.165) is 17.7 Å². The van der Waals surface area contributed by atoms with Crippen LogP contribution >= 0.6 is 11.6 Å². The van der Waals surface area contributed by atoms with E-state index in [4.69, 9.17) is 11.6 Å². The van der Waals surface area contributed by atoms with Crippen molar-refractivity contribution in [3.05, 3.63) is 51.3 Å². The summed E-state index contributed by atoms with van der Waals surface area (Å²) >= 11 is 5.94. The van der Waals surface area contributed by atoms with Gasteiger partial charge in [0.15, 0.2) is 5.82 Å². The van der Waals surface area contributed by atoms with Gasteiger partial charge in [-0.05, 0) is 24.1 Å². The first-order valence-electron chi connectivity index (χ1n) is 5.46. The van der Waals surface area contributed by atoms with Crippen molar-refractivity contribution in [1.82, 2.24) is 9.97 Å². The van der Waals surface area contributed by atoms with Crippen LogP contribution in [-0.2, 0) is 6.42 Å². The number of aromatic nitrogens is 2. The summed E-state index contributed by atoms with van der Waals surface area (Å²) in [5.41, 5.74) is 1.34. The Bertz CT molecular complexity index is 671. The Morgan fingerprint density at radius 1 is 1.44 bits per heavy atom. The standard InChI is InChI=1S/C12H9ClFN3O/c13-10-11(15-6-16-12(10)18)17-4-3-7-1-2-8(14)5-9(7)17/h1-2,5-6H,3-4H2,(H,15,16,18). The Hall–Kier alpha value is -1.88. The van der Waals surface area contributed by atoms with Gasteiger partial charge in [0.25, 0.3) is 5.56 Å². The average Bonchev–Trinajstić information content (AvgIpc) is 2.75. The van der Waals surface area contributed by atoms with Crippen LogP contribution < -0.4 is 10.5 Å². The second kappa shape index (κ2) is 4.10. The van der Waals surface area contributed by atoms with Gasteiger partial charge in [-0.2, -0.15) is 0 Å². The van der Waals surface area contributed by atoms with Gasteiger partial charge in [-0.15, -0.1) is 0 Å². The zero-order chi connectivity index (χ0) is 12.7. The monoisotopic (exact) mass is 265 g/mol. The van der Waals surface area contributed by atoms with Crippen LogP contribution in [0.3, 0.4) is 0 Å². The molecule has 0 saturated carbocycles. The lowest BCUT2D eigenvalue weighted by molar-refractivity contribution is 0.628. The molecule has 1 aromatic heterocycles. The number of hydrogen-bond acceptors (Lipinski definition) is 3. The van der Waals surface area contributed by atoms with Gasteiger partial charge in [0.05, 0.1) is 6.33 Å². The summed E-state index contributed by atoms with van der Waals surface area (Å²) < 4.78 is 13.3. The second-order valence-electron chi connectivity index (χ2n) is 4.04. The predicted molar refractivity (Wildman–Crippen MR) is 67.0 cm³/mol. The van der Waals surface area contributed by atoms with E-state index in [9.17, 15) is 9.18 Å². The highest BCUT2D eigenvalue weighted by Gasteiger charge is 2.24. The smallest absolute Gasteiger partial charge is 0.271 e. The topological polar surface area (TPSA) is 49.0 Å². The highest BCUT2D eigenvalue weighted by atomic mass is 35.5. The maximum atomic E-state index is 13.3. The Balaban J connectivity index is 2.14. The van der Waals surface area contributed by atoms with Crippen molar-refractivity contribution in [3.63, 3.8) is 0 Å². The molecule has 1 aromatic carbocycles. The largest absolute Gasteiger partial charge is 0.324 e. The molecule has 0 atom stereocenters. The minimum Gasteiger partial charge on any atom is -0.324 e. The Morgan fingerprint density at radius 3 is 3.11 bits per heavy atom. The van der Waals surface area contributed by atoms with Crippen LogP contribution in [-0.4, -0.2) is 16.5 Å². The fraction of sp³-hybridized carbons (Fsp3) is 0.167. The lowest BCUT2D eigenvalue weighted by Crippen LogP contribution is -2.19. The Labute approximate surface area is 107 Å². The number of hydrogen-bond donors (Lipinski definition) is 1. The molecule has 0 saturated heterocycles. The number of aromatic amines is 1. The molecule has 6 heteroatoms. The van der Waals surface area contributed by atoms with Crippen molar-refractivity contribution in [2.45, 2.75) is 6.42 Å². The van der Waals surface area contributed by atoms with E-state index in [1.54, 1.807) is 11.0 Å². The minimum absolute atomic E-state index is 0.0228. The predicted octanol–water partition coefficient (Wildman–Crippen LogP) is 2.26. The first kappa shape index (κ1) is 11.2. The van der Waals surface area contributed by atoms with E-state index < -0.39 is 5.56 Å². The van der Waals surface area contributed by atoms with E-state index in [2.05, 4.69) is 9.97 Å². The van der Waals surface area contributed by atoms with E-state index in [1.165, 1.54) is 18.5 Å². The van der Waals surface area contributed by atoms with Crippen molar-refractivity contribution in [1.29, 1.82) is 0 Å². The molecule has 2 aromatic rings. The molecule has 0 amide bonds. The molecule has 18 heavy (non-hydrogen) atoms. The second-order valence-corrected chi connectivity index (χ2v) is 4.42. The third-order valence-corrected chi connectivity index (χ3v) is 3.32. The summed E-state index contributed by atoms with van der Waals surface area (Å²) in [5, 5.41) is 0.0228. The molecule has 3 rings (SSSR count). The zero-order valence-electron chi connectivity index (χ0n) is 9.28. The van der Waals surface area contributed by atoms with E-state index in [0.29, 0.717) is 12.4 Å². The van der Waals surface area contributed by atoms with Gasteiger partial charge in [0, 0.05) is 12.2 Å². The molecule has 0 radical (unpaired) electrons. The molecule has 1 aliphatic heterocycles. The van der Waals surface area contributed by atoms with Crippen LogP contribution in [0.2, 0.25) is 5.02 Å². The van der Waals surface area contributed by atoms with Gasteiger partial charge >= 0.3 is 0 Å². The summed E-state index contributed by atoms with van der Waals surface area (Å²) in [4.78, 5) is 19.7. The molecule has 0 bridgehead atoms. The number of nitrogens with one attached hydrogen (secondary N) is 1. The van der Waals surface area contributed by atoms with Crippen LogP contribution in [0.15, 0.2) is 29.3 Å². The first-order chi connectivity index (χ1) is 8.66. The number of halogens is 2. The van der Waals surface area contributed by atoms with Gasteiger partial charge in [0.1, 0.15) is 10.8 Å². The number of H-pyrrole nitrogens is 1. The Morgan fingerprint density at radius 2 is 2.28 bits per heavy atom. The number of rotatable bonds is 1. The number of benzene rings is 1.